The molecule has 1 radical (unpaired) electrons. The van der Waals surface area contributed by atoms with Crippen LogP contribution >= 0.6 is 0 Å². The Morgan fingerprint density at radius 1 is 1.15 bits per heavy atom. The third-order valence-corrected chi connectivity index (χ3v) is 4.77. The van der Waals surface area contributed by atoms with E-state index in [0.717, 1.165) is 38.7 Å². The van der Waals surface area contributed by atoms with E-state index in [-0.39, 0.29) is 0 Å². The van der Waals surface area contributed by atoms with Gasteiger partial charge in [-0.15, -0.1) is 0 Å². The minimum absolute atomic E-state index is 0.424. The van der Waals surface area contributed by atoms with Crippen molar-refractivity contribution < 1.29 is 9.53 Å². The van der Waals surface area contributed by atoms with Gasteiger partial charge in [0.25, 0.3) is 0 Å². The summed E-state index contributed by atoms with van der Waals surface area (Å²) in [6.45, 7) is 2.72. The number of nitrogens with two attached hydrogens (primary N) is 1. The Morgan fingerprint density at radius 2 is 1.96 bits per heavy atom. The van der Waals surface area contributed by atoms with Crippen LogP contribution in [0.1, 0.15) is 21.5 Å². The molecule has 0 aliphatic carbocycles. The molecule has 4 aromatic rings. The lowest BCUT2D eigenvalue weighted by atomic mass is 10.1. The molecule has 0 bridgehead atoms. The van der Waals surface area contributed by atoms with Crippen LogP contribution in [0.5, 0.6) is 5.75 Å². The number of primary amides is 1. The van der Waals surface area contributed by atoms with E-state index in [0.29, 0.717) is 12.1 Å². The van der Waals surface area contributed by atoms with Crippen molar-refractivity contribution in [3.63, 3.8) is 0 Å². The second kappa shape index (κ2) is 6.23. The maximum Gasteiger partial charge on any atom is 0.249 e. The number of fused-ring (bicyclic) bond motifs is 3. The number of nitrogens with zero attached hydrogens (tertiary/aromatic N) is 1. The van der Waals surface area contributed by atoms with Crippen LogP contribution in [0.15, 0.2) is 54.6 Å². The first-order valence-corrected chi connectivity index (χ1v) is 8.45. The number of hydrogen-bond acceptors (Lipinski definition) is 2. The quantitative estimate of drug-likeness (QED) is 0.607. The summed E-state index contributed by atoms with van der Waals surface area (Å²) in [5, 5.41) is 1.78. The normalized spacial score (nSPS) is 11.2. The van der Waals surface area contributed by atoms with Gasteiger partial charge in [-0.3, -0.25) is 4.79 Å². The molecule has 4 heteroatoms. The van der Waals surface area contributed by atoms with Gasteiger partial charge in [-0.25, -0.2) is 0 Å². The van der Waals surface area contributed by atoms with Crippen LogP contribution in [0.25, 0.3) is 21.8 Å². The topological polar surface area (TPSA) is 57.2 Å². The van der Waals surface area contributed by atoms with Crippen LogP contribution in [0.2, 0.25) is 0 Å². The van der Waals surface area contributed by atoms with Crippen LogP contribution in [0.4, 0.5) is 0 Å². The van der Waals surface area contributed by atoms with Crippen molar-refractivity contribution >= 4 is 27.7 Å². The number of methoxy groups -OCH3 is 1. The third kappa shape index (κ3) is 2.51. The van der Waals surface area contributed by atoms with Gasteiger partial charge in [0, 0.05) is 22.9 Å². The van der Waals surface area contributed by atoms with Gasteiger partial charge in [0.1, 0.15) is 5.75 Å². The number of aromatic nitrogens is 1. The second-order valence-corrected chi connectivity index (χ2v) is 6.38. The van der Waals surface area contributed by atoms with E-state index in [1.165, 1.54) is 0 Å². The van der Waals surface area contributed by atoms with Crippen molar-refractivity contribution in [2.45, 2.75) is 13.5 Å². The molecule has 0 saturated carbocycles. The molecule has 3 aromatic carbocycles. The van der Waals surface area contributed by atoms with Crippen LogP contribution in [-0.4, -0.2) is 17.6 Å². The van der Waals surface area contributed by atoms with E-state index in [9.17, 15) is 4.79 Å². The summed E-state index contributed by atoms with van der Waals surface area (Å²) in [7, 11) is 1.68. The van der Waals surface area contributed by atoms with Gasteiger partial charge >= 0.3 is 0 Å². The number of carbonyl (C=O) groups excluding carboxylic acids is 1. The highest BCUT2D eigenvalue weighted by Gasteiger charge is 2.16. The van der Waals surface area contributed by atoms with Crippen LogP contribution in [0, 0.1) is 13.0 Å². The van der Waals surface area contributed by atoms with Crippen molar-refractivity contribution in [1.29, 1.82) is 0 Å². The first-order valence-electron chi connectivity index (χ1n) is 8.45. The zero-order chi connectivity index (χ0) is 18.3. The molecule has 0 atom stereocenters. The van der Waals surface area contributed by atoms with E-state index in [1.54, 1.807) is 13.2 Å². The molecule has 4 nitrogen and oxygen atoms in total. The average Bonchev–Trinajstić information content (AvgIpc) is 2.96. The second-order valence-electron chi connectivity index (χ2n) is 6.38. The molecule has 0 unspecified atom stereocenters. The van der Waals surface area contributed by atoms with Crippen LogP contribution in [-0.2, 0) is 6.54 Å². The molecule has 1 amide bonds. The van der Waals surface area contributed by atoms with Crippen molar-refractivity contribution in [3.05, 3.63) is 77.4 Å². The monoisotopic (exact) mass is 343 g/mol. The molecule has 0 aliphatic heterocycles. The lowest BCUT2D eigenvalue weighted by molar-refractivity contribution is 0.100. The minimum Gasteiger partial charge on any atom is -0.496 e. The number of ether oxygens (including phenoxy) is 1. The lowest BCUT2D eigenvalue weighted by Crippen LogP contribution is -2.11. The van der Waals surface area contributed by atoms with Crippen molar-refractivity contribution in [3.8, 4) is 5.75 Å². The fourth-order valence-electron chi connectivity index (χ4n) is 3.61. The zero-order valence-electron chi connectivity index (χ0n) is 14.7. The molecule has 1 heterocycles. The molecule has 0 spiro atoms. The Labute approximate surface area is 151 Å². The molecule has 0 saturated heterocycles. The summed E-state index contributed by atoms with van der Waals surface area (Å²) in [6.07, 6.45) is 0. The van der Waals surface area contributed by atoms with Gasteiger partial charge in [-0.2, -0.15) is 0 Å². The Hall–Kier alpha value is -3.27. The molecule has 1 aromatic heterocycles. The van der Waals surface area contributed by atoms with Crippen molar-refractivity contribution in [2.24, 2.45) is 5.73 Å². The summed E-state index contributed by atoms with van der Waals surface area (Å²) >= 11 is 0. The lowest BCUT2D eigenvalue weighted by Gasteiger charge is -2.11. The Kier molecular flexibility index (Phi) is 3.88. The summed E-state index contributed by atoms with van der Waals surface area (Å²) < 4.78 is 7.56. The maximum absolute atomic E-state index is 11.9. The van der Waals surface area contributed by atoms with Gasteiger partial charge in [-0.05, 0) is 48.4 Å². The number of carbonyl (C=O) groups is 1. The molecule has 0 aliphatic rings. The van der Waals surface area contributed by atoms with E-state index >= 15 is 0 Å². The summed E-state index contributed by atoms with van der Waals surface area (Å²) in [5.41, 5.74) is 10.4. The molecule has 2 N–H and O–H groups in total. The Bertz CT molecular complexity index is 1140. The highest BCUT2D eigenvalue weighted by atomic mass is 16.5. The summed E-state index contributed by atoms with van der Waals surface area (Å²) in [6, 6.07) is 21.0. The largest absolute Gasteiger partial charge is 0.496 e. The van der Waals surface area contributed by atoms with E-state index in [2.05, 4.69) is 22.8 Å². The number of hydrogen-bond donors (Lipinski definition) is 1. The maximum atomic E-state index is 11.9. The molecule has 0 fully saturated rings. The molecule has 4 rings (SSSR count). The average molecular weight is 343 g/mol. The summed E-state index contributed by atoms with van der Waals surface area (Å²) in [5.74, 6) is 0.451. The van der Waals surface area contributed by atoms with Gasteiger partial charge in [-0.1, -0.05) is 30.3 Å². The molecule has 26 heavy (non-hydrogen) atoms. The minimum atomic E-state index is -0.424. The summed E-state index contributed by atoms with van der Waals surface area (Å²) in [4.78, 5) is 11.9. The van der Waals surface area contributed by atoms with Gasteiger partial charge in [0.2, 0.25) is 5.91 Å². The Morgan fingerprint density at radius 3 is 2.69 bits per heavy atom. The van der Waals surface area contributed by atoms with Gasteiger partial charge in [0.15, 0.2) is 0 Å². The van der Waals surface area contributed by atoms with E-state index in [1.807, 2.05) is 43.3 Å². The highest BCUT2D eigenvalue weighted by molar-refractivity contribution is 6.17. The number of amides is 1. The smallest absolute Gasteiger partial charge is 0.249 e. The van der Waals surface area contributed by atoms with Crippen molar-refractivity contribution in [1.82, 2.24) is 4.57 Å². The predicted octanol–water partition coefficient (Wildman–Crippen LogP) is 4.06. The highest BCUT2D eigenvalue weighted by Crippen LogP contribution is 2.32. The Balaban J connectivity index is 1.95. The van der Waals surface area contributed by atoms with Crippen LogP contribution < -0.4 is 10.5 Å². The van der Waals surface area contributed by atoms with E-state index in [4.69, 9.17) is 10.5 Å². The SMILES string of the molecule is COc1ccc(Cn2c3ccc[c]c3c3c(C(N)=O)cccc32)cc1C. The van der Waals surface area contributed by atoms with Gasteiger partial charge in [0.05, 0.1) is 18.1 Å². The van der Waals surface area contributed by atoms with Gasteiger partial charge < -0.3 is 15.0 Å². The predicted molar refractivity (Wildman–Crippen MR) is 104 cm³/mol. The number of rotatable bonds is 4. The molecular formula is C22H19N2O2. The zero-order valence-corrected chi connectivity index (χ0v) is 14.7. The first kappa shape index (κ1) is 16.2. The van der Waals surface area contributed by atoms with E-state index < -0.39 is 5.91 Å². The molecule has 129 valence electrons. The van der Waals surface area contributed by atoms with Crippen LogP contribution in [0.3, 0.4) is 0 Å². The molecular weight excluding hydrogens is 324 g/mol. The third-order valence-electron chi connectivity index (χ3n) is 4.77. The van der Waals surface area contributed by atoms with Crippen molar-refractivity contribution in [2.75, 3.05) is 7.11 Å². The standard InChI is InChI=1S/C22H19N2O2/c1-14-12-15(10-11-20(14)26-2)13-24-18-8-4-3-6-16(18)21-17(22(23)25)7-5-9-19(21)24/h3-5,7-12H,13H2,1-2H3,(H2,23,25). The number of aryl methyl sites for hydroxylation is 1. The fourth-order valence-corrected chi connectivity index (χ4v) is 3.61. The first-order chi connectivity index (χ1) is 12.6. The fraction of sp³-hybridized carbons (Fsp3) is 0.136. The number of benzene rings is 3.